The number of hydrogen-bond donors (Lipinski definition) is 1. The minimum Gasteiger partial charge on any atom is -0.314 e. The molecule has 1 aliphatic rings. The number of nitrogens with one attached hydrogen (secondary N) is 1. The van der Waals surface area contributed by atoms with E-state index >= 15 is 0 Å². The highest BCUT2D eigenvalue weighted by Crippen LogP contribution is 2.31. The number of sulfone groups is 2. The van der Waals surface area contributed by atoms with Gasteiger partial charge in [-0.3, -0.25) is 0 Å². The van der Waals surface area contributed by atoms with Crippen LogP contribution < -0.4 is 5.32 Å². The van der Waals surface area contributed by atoms with Crippen molar-refractivity contribution in [2.75, 3.05) is 24.3 Å². The minimum absolute atomic E-state index is 0.0520. The van der Waals surface area contributed by atoms with Gasteiger partial charge in [0.2, 0.25) is 0 Å². The minimum atomic E-state index is -3.32. The van der Waals surface area contributed by atoms with Crippen LogP contribution in [0.1, 0.15) is 33.1 Å². The molecule has 114 valence electrons. The lowest BCUT2D eigenvalue weighted by Crippen LogP contribution is -2.38. The monoisotopic (exact) mass is 311 g/mol. The molecule has 0 aliphatic heterocycles. The van der Waals surface area contributed by atoms with Gasteiger partial charge in [-0.2, -0.15) is 0 Å². The molecule has 0 saturated heterocycles. The molecule has 1 aliphatic carbocycles. The van der Waals surface area contributed by atoms with Gasteiger partial charge in [0.05, 0.1) is 16.8 Å². The van der Waals surface area contributed by atoms with E-state index in [-0.39, 0.29) is 23.5 Å². The summed E-state index contributed by atoms with van der Waals surface area (Å²) in [5.41, 5.74) is 0. The van der Waals surface area contributed by atoms with Crippen LogP contribution in [0.15, 0.2) is 0 Å². The summed E-state index contributed by atoms with van der Waals surface area (Å²) in [5.74, 6) is -0.469. The molecule has 19 heavy (non-hydrogen) atoms. The second-order valence-electron chi connectivity index (χ2n) is 5.53. The molecule has 0 spiro atoms. The van der Waals surface area contributed by atoms with Crippen molar-refractivity contribution in [3.05, 3.63) is 0 Å². The topological polar surface area (TPSA) is 80.3 Å². The molecule has 1 N–H and O–H groups in total. The fourth-order valence-electron chi connectivity index (χ4n) is 2.67. The Morgan fingerprint density at radius 2 is 1.74 bits per heavy atom. The van der Waals surface area contributed by atoms with Gasteiger partial charge in [-0.25, -0.2) is 16.8 Å². The zero-order chi connectivity index (χ0) is 14.7. The van der Waals surface area contributed by atoms with Gasteiger partial charge >= 0.3 is 0 Å². The number of hydrogen-bond acceptors (Lipinski definition) is 5. The second kappa shape index (κ2) is 6.54. The maximum atomic E-state index is 12.2. The highest BCUT2D eigenvalue weighted by molar-refractivity contribution is 7.95. The molecule has 0 amide bonds. The molecule has 0 bridgehead atoms. The Balaban J connectivity index is 2.65. The van der Waals surface area contributed by atoms with E-state index in [0.717, 1.165) is 25.6 Å². The van der Waals surface area contributed by atoms with Crippen LogP contribution >= 0.6 is 0 Å². The lowest BCUT2D eigenvalue weighted by Gasteiger charge is -2.21. The quantitative estimate of drug-likeness (QED) is 0.745. The van der Waals surface area contributed by atoms with Crippen LogP contribution in [0.3, 0.4) is 0 Å². The molecule has 1 saturated carbocycles. The summed E-state index contributed by atoms with van der Waals surface area (Å²) in [4.78, 5) is 0. The van der Waals surface area contributed by atoms with Crippen molar-refractivity contribution in [2.45, 2.75) is 44.4 Å². The summed E-state index contributed by atoms with van der Waals surface area (Å²) in [7, 11) is -6.55. The maximum Gasteiger partial charge on any atom is 0.154 e. The van der Waals surface area contributed by atoms with E-state index in [1.54, 1.807) is 0 Å². The molecule has 3 unspecified atom stereocenters. The Bertz CT molecular complexity index is 484. The van der Waals surface area contributed by atoms with Crippen LogP contribution in [0.25, 0.3) is 0 Å². The zero-order valence-electron chi connectivity index (χ0n) is 11.9. The van der Waals surface area contributed by atoms with Gasteiger partial charge in [0.1, 0.15) is 9.84 Å². The molecular weight excluding hydrogens is 286 g/mol. The second-order valence-corrected chi connectivity index (χ2v) is 10.1. The standard InChI is InChI=1S/C12H25NO4S2/c1-4-7-13-11-5-6-12(10(11)2)19(16,17)9-8-18(3,14)15/h10-13H,4-9H2,1-3H3. The van der Waals surface area contributed by atoms with Crippen LogP contribution in [-0.2, 0) is 19.7 Å². The van der Waals surface area contributed by atoms with Crippen molar-refractivity contribution in [1.82, 2.24) is 5.32 Å². The number of rotatable bonds is 7. The van der Waals surface area contributed by atoms with E-state index in [0.29, 0.717) is 6.42 Å². The Morgan fingerprint density at radius 3 is 2.26 bits per heavy atom. The molecular formula is C12H25NO4S2. The predicted octanol–water partition coefficient (Wildman–Crippen LogP) is 0.613. The van der Waals surface area contributed by atoms with Crippen molar-refractivity contribution >= 4 is 19.7 Å². The smallest absolute Gasteiger partial charge is 0.154 e. The first-order chi connectivity index (χ1) is 8.67. The third kappa shape index (κ3) is 5.04. The van der Waals surface area contributed by atoms with Gasteiger partial charge in [0.15, 0.2) is 9.84 Å². The third-order valence-electron chi connectivity index (χ3n) is 3.84. The molecule has 0 aromatic carbocycles. The van der Waals surface area contributed by atoms with Crippen molar-refractivity contribution in [1.29, 1.82) is 0 Å². The summed E-state index contributed by atoms with van der Waals surface area (Å²) >= 11 is 0. The van der Waals surface area contributed by atoms with Gasteiger partial charge in [-0.15, -0.1) is 0 Å². The van der Waals surface area contributed by atoms with Gasteiger partial charge in [-0.1, -0.05) is 13.8 Å². The Morgan fingerprint density at radius 1 is 1.11 bits per heavy atom. The molecule has 0 aromatic heterocycles. The van der Waals surface area contributed by atoms with E-state index in [1.165, 1.54) is 0 Å². The lowest BCUT2D eigenvalue weighted by atomic mass is 10.1. The average Bonchev–Trinajstić information content (AvgIpc) is 2.65. The van der Waals surface area contributed by atoms with Crippen molar-refractivity contribution in [3.8, 4) is 0 Å². The maximum absolute atomic E-state index is 12.2. The molecule has 1 rings (SSSR count). The molecule has 5 nitrogen and oxygen atoms in total. The van der Waals surface area contributed by atoms with Crippen LogP contribution in [0.5, 0.6) is 0 Å². The highest BCUT2D eigenvalue weighted by atomic mass is 32.2. The van der Waals surface area contributed by atoms with Gasteiger partial charge in [-0.05, 0) is 31.7 Å². The van der Waals surface area contributed by atoms with E-state index in [2.05, 4.69) is 12.2 Å². The van der Waals surface area contributed by atoms with E-state index in [1.807, 2.05) is 6.92 Å². The normalized spacial score (nSPS) is 28.7. The van der Waals surface area contributed by atoms with Gasteiger partial charge in [0.25, 0.3) is 0 Å². The van der Waals surface area contributed by atoms with Crippen LogP contribution in [0.2, 0.25) is 0 Å². The Labute approximate surface area is 117 Å². The van der Waals surface area contributed by atoms with E-state index in [4.69, 9.17) is 0 Å². The first-order valence-corrected chi connectivity index (χ1v) is 10.6. The molecule has 3 atom stereocenters. The summed E-state index contributed by atoms with van der Waals surface area (Å²) in [5, 5.41) is 2.97. The summed E-state index contributed by atoms with van der Waals surface area (Å²) < 4.78 is 46.6. The van der Waals surface area contributed by atoms with Crippen LogP contribution in [0, 0.1) is 5.92 Å². The largest absolute Gasteiger partial charge is 0.314 e. The van der Waals surface area contributed by atoms with Gasteiger partial charge < -0.3 is 5.32 Å². The SMILES string of the molecule is CCCNC1CCC(S(=O)(=O)CCS(C)(=O)=O)C1C. The molecule has 0 radical (unpaired) electrons. The molecule has 0 aromatic rings. The van der Waals surface area contributed by atoms with Gasteiger partial charge in [0, 0.05) is 12.3 Å². The molecule has 7 heteroatoms. The Hall–Kier alpha value is -0.140. The average molecular weight is 311 g/mol. The third-order valence-corrected chi connectivity index (χ3v) is 7.40. The highest BCUT2D eigenvalue weighted by Gasteiger charge is 2.40. The van der Waals surface area contributed by atoms with Crippen molar-refractivity contribution in [2.24, 2.45) is 5.92 Å². The molecule has 0 heterocycles. The Kier molecular flexibility index (Phi) is 5.82. The summed E-state index contributed by atoms with van der Waals surface area (Å²) in [6, 6.07) is 0.234. The van der Waals surface area contributed by atoms with Crippen LogP contribution in [-0.4, -0.2) is 52.4 Å². The lowest BCUT2D eigenvalue weighted by molar-refractivity contribution is 0.425. The fraction of sp³-hybridized carbons (Fsp3) is 1.00. The zero-order valence-corrected chi connectivity index (χ0v) is 13.6. The first kappa shape index (κ1) is 16.9. The summed E-state index contributed by atoms with van der Waals surface area (Å²) in [6.07, 6.45) is 3.58. The van der Waals surface area contributed by atoms with E-state index in [9.17, 15) is 16.8 Å². The summed E-state index contributed by atoms with van der Waals surface area (Å²) in [6.45, 7) is 4.92. The fourth-order valence-corrected chi connectivity index (χ4v) is 6.45. The van der Waals surface area contributed by atoms with E-state index < -0.39 is 24.9 Å². The first-order valence-electron chi connectivity index (χ1n) is 6.80. The van der Waals surface area contributed by atoms with Crippen LogP contribution in [0.4, 0.5) is 0 Å². The molecule has 1 fully saturated rings. The van der Waals surface area contributed by atoms with Crippen molar-refractivity contribution < 1.29 is 16.8 Å². The predicted molar refractivity (Wildman–Crippen MR) is 77.8 cm³/mol. The van der Waals surface area contributed by atoms with Crippen molar-refractivity contribution in [3.63, 3.8) is 0 Å².